The van der Waals surface area contributed by atoms with Gasteiger partial charge in [0.25, 0.3) is 11.5 Å². The molecule has 50 heavy (non-hydrogen) atoms. The number of carbonyl (C=O) groups is 2. The predicted molar refractivity (Wildman–Crippen MR) is 177 cm³/mol. The van der Waals surface area contributed by atoms with Gasteiger partial charge < -0.3 is 19.7 Å². The summed E-state index contributed by atoms with van der Waals surface area (Å²) in [4.78, 5) is 41.0. The third-order valence-corrected chi connectivity index (χ3v) is 9.42. The summed E-state index contributed by atoms with van der Waals surface area (Å²) >= 11 is 0. The molecule has 1 saturated heterocycles. The molecule has 13 heteroatoms. The van der Waals surface area contributed by atoms with Crippen molar-refractivity contribution in [2.45, 2.75) is 37.2 Å². The van der Waals surface area contributed by atoms with Crippen LogP contribution in [0.3, 0.4) is 0 Å². The molecule has 0 radical (unpaired) electrons. The van der Waals surface area contributed by atoms with E-state index in [2.05, 4.69) is 5.32 Å². The van der Waals surface area contributed by atoms with Gasteiger partial charge in [-0.05, 0) is 59.1 Å². The molecule has 0 aliphatic carbocycles. The zero-order valence-corrected chi connectivity index (χ0v) is 27.1. The Morgan fingerprint density at radius 1 is 0.960 bits per heavy atom. The van der Waals surface area contributed by atoms with Crippen molar-refractivity contribution in [1.82, 2.24) is 14.8 Å². The lowest BCUT2D eigenvalue weighted by molar-refractivity contribution is -0.139. The molecule has 0 spiro atoms. The number of aromatic nitrogens is 1. The van der Waals surface area contributed by atoms with E-state index >= 15 is 8.78 Å². The summed E-state index contributed by atoms with van der Waals surface area (Å²) in [5.74, 6) is -5.12. The minimum Gasteiger partial charge on any atom is -0.480 e. The van der Waals surface area contributed by atoms with E-state index in [0.717, 1.165) is 16.7 Å². The number of rotatable bonds is 8. The lowest BCUT2D eigenvalue weighted by Crippen LogP contribution is -2.43. The Bertz CT molecular complexity index is 2190. The number of pyridine rings is 1. The van der Waals surface area contributed by atoms with E-state index < -0.39 is 64.4 Å². The van der Waals surface area contributed by atoms with Crippen molar-refractivity contribution in [1.29, 1.82) is 0 Å². The van der Waals surface area contributed by atoms with Crippen LogP contribution in [0.5, 0.6) is 0 Å². The molecule has 4 aromatic carbocycles. The number of para-hydroxylation sites is 1. The standard InChI is InChI=1S/C37H32F5N3O5/c1-44-18-21(50-3)17-30(44)20-14-26(38)32(27(39)15-20)34(46)43-28(36(48)49)16-19-8-6-11-23-22(19)10-7-12-24(23)31-33(37(40,41)42)25-9-4-5-13-29(25)45(2)35(31)47/h4-15,21,28,30H,16-18H2,1-3H3,(H,43,46)(H,48,49)/t21-,28+,30-/m1/s1. The minimum absolute atomic E-state index is 0.0205. The van der Waals surface area contributed by atoms with Crippen LogP contribution in [0.15, 0.2) is 77.6 Å². The highest BCUT2D eigenvalue weighted by Gasteiger charge is 2.39. The molecule has 6 rings (SSSR count). The van der Waals surface area contributed by atoms with Crippen LogP contribution in [-0.4, -0.2) is 59.3 Å². The molecule has 1 aliphatic rings. The van der Waals surface area contributed by atoms with Crippen LogP contribution in [0.4, 0.5) is 22.0 Å². The maximum absolute atomic E-state index is 15.3. The van der Waals surface area contributed by atoms with Gasteiger partial charge in [0.2, 0.25) is 0 Å². The van der Waals surface area contributed by atoms with E-state index in [0.29, 0.717) is 29.5 Å². The van der Waals surface area contributed by atoms with Crippen LogP contribution in [0, 0.1) is 11.6 Å². The van der Waals surface area contributed by atoms with Crippen molar-refractivity contribution in [3.8, 4) is 11.1 Å². The monoisotopic (exact) mass is 693 g/mol. The van der Waals surface area contributed by atoms with E-state index in [1.54, 1.807) is 20.2 Å². The molecule has 1 aromatic heterocycles. The summed E-state index contributed by atoms with van der Waals surface area (Å²) in [5, 5.41) is 12.6. The molecule has 0 saturated carbocycles. The van der Waals surface area contributed by atoms with Crippen LogP contribution in [-0.2, 0) is 29.2 Å². The van der Waals surface area contributed by atoms with Crippen molar-refractivity contribution in [3.05, 3.63) is 117 Å². The maximum atomic E-state index is 15.3. The smallest absolute Gasteiger partial charge is 0.417 e. The van der Waals surface area contributed by atoms with Gasteiger partial charge in [0.1, 0.15) is 23.2 Å². The molecule has 1 aliphatic heterocycles. The number of nitrogens with zero attached hydrogens (tertiary/aromatic N) is 2. The van der Waals surface area contributed by atoms with E-state index in [4.69, 9.17) is 4.74 Å². The molecule has 0 unspecified atom stereocenters. The van der Waals surface area contributed by atoms with Gasteiger partial charge in [-0.25, -0.2) is 13.6 Å². The Morgan fingerprint density at radius 2 is 1.60 bits per heavy atom. The molecule has 2 heterocycles. The van der Waals surface area contributed by atoms with Gasteiger partial charge in [-0.1, -0.05) is 54.6 Å². The van der Waals surface area contributed by atoms with Gasteiger partial charge in [0, 0.05) is 38.6 Å². The lowest BCUT2D eigenvalue weighted by Gasteiger charge is -2.21. The Hall–Kier alpha value is -5.14. The van der Waals surface area contributed by atoms with Crippen LogP contribution in [0.25, 0.3) is 32.8 Å². The Morgan fingerprint density at radius 3 is 2.24 bits per heavy atom. The van der Waals surface area contributed by atoms with E-state index in [9.17, 15) is 32.7 Å². The van der Waals surface area contributed by atoms with Crippen LogP contribution >= 0.6 is 0 Å². The fraction of sp³-hybridized carbons (Fsp3) is 0.270. The van der Waals surface area contributed by atoms with Crippen molar-refractivity contribution in [3.63, 3.8) is 0 Å². The molecule has 2 N–H and O–H groups in total. The zero-order chi connectivity index (χ0) is 36.1. The van der Waals surface area contributed by atoms with Crippen molar-refractivity contribution in [2.75, 3.05) is 20.7 Å². The first-order chi connectivity index (χ1) is 23.7. The molecule has 1 fully saturated rings. The number of ether oxygens (including phenoxy) is 1. The number of hydrogen-bond donors (Lipinski definition) is 2. The number of fused-ring (bicyclic) bond motifs is 2. The number of carboxylic acids is 1. The highest BCUT2D eigenvalue weighted by atomic mass is 19.4. The average molecular weight is 694 g/mol. The number of carboxylic acid groups (broad SMARTS) is 1. The minimum atomic E-state index is -4.90. The number of carbonyl (C=O) groups excluding carboxylic acids is 1. The normalized spacial score (nSPS) is 17.4. The molecule has 3 atom stereocenters. The fourth-order valence-electron chi connectivity index (χ4n) is 6.98. The number of amides is 1. The second-order valence-electron chi connectivity index (χ2n) is 12.4. The van der Waals surface area contributed by atoms with Crippen LogP contribution in [0.1, 0.15) is 39.5 Å². The Kier molecular flexibility index (Phi) is 9.23. The Labute approximate surface area is 282 Å². The first-order valence-corrected chi connectivity index (χ1v) is 15.7. The number of hydrogen-bond acceptors (Lipinski definition) is 5. The first-order valence-electron chi connectivity index (χ1n) is 15.7. The summed E-state index contributed by atoms with van der Waals surface area (Å²) in [6, 6.07) is 14.7. The van der Waals surface area contributed by atoms with E-state index in [1.807, 2.05) is 4.90 Å². The number of methoxy groups -OCH3 is 1. The molecule has 1 amide bonds. The van der Waals surface area contributed by atoms with Gasteiger partial charge in [-0.15, -0.1) is 0 Å². The number of halogens is 5. The number of likely N-dealkylation sites (tertiary alicyclic amines) is 1. The molecule has 0 bridgehead atoms. The van der Waals surface area contributed by atoms with Crippen molar-refractivity contribution < 1.29 is 41.4 Å². The Balaban J connectivity index is 1.36. The summed E-state index contributed by atoms with van der Waals surface area (Å²) in [6.07, 6.45) is -4.94. The fourth-order valence-corrected chi connectivity index (χ4v) is 6.98. The van der Waals surface area contributed by atoms with E-state index in [1.165, 1.54) is 61.6 Å². The second kappa shape index (κ2) is 13.3. The number of benzene rings is 4. The number of nitrogens with one attached hydrogen (secondary N) is 1. The number of likely N-dealkylation sites (N-methyl/N-ethyl adjacent to an activating group) is 1. The highest BCUT2D eigenvalue weighted by molar-refractivity contribution is 6.02. The van der Waals surface area contributed by atoms with Crippen molar-refractivity contribution in [2.24, 2.45) is 7.05 Å². The number of alkyl halides is 3. The highest BCUT2D eigenvalue weighted by Crippen LogP contribution is 2.42. The van der Waals surface area contributed by atoms with Gasteiger partial charge >= 0.3 is 12.1 Å². The van der Waals surface area contributed by atoms with Gasteiger partial charge in [0.05, 0.1) is 22.7 Å². The quantitative estimate of drug-likeness (QED) is 0.181. The molecular formula is C37H32F5N3O5. The second-order valence-corrected chi connectivity index (χ2v) is 12.4. The lowest BCUT2D eigenvalue weighted by atomic mass is 9.90. The maximum Gasteiger partial charge on any atom is 0.417 e. The third kappa shape index (κ3) is 6.22. The van der Waals surface area contributed by atoms with Gasteiger partial charge in [-0.2, -0.15) is 13.2 Å². The van der Waals surface area contributed by atoms with Crippen LogP contribution in [0.2, 0.25) is 0 Å². The SMILES string of the molecule is CO[C@@H]1C[C@H](c2cc(F)c(C(=O)N[C@@H](Cc3cccc4c(-c5c(C(F)(F)F)c6ccccc6n(C)c5=O)cccc34)C(=O)O)c(F)c2)N(C)C1. The van der Waals surface area contributed by atoms with Gasteiger partial charge in [-0.3, -0.25) is 14.5 Å². The van der Waals surface area contributed by atoms with Crippen LogP contribution < -0.4 is 10.9 Å². The summed E-state index contributed by atoms with van der Waals surface area (Å²) < 4.78 is 81.1. The third-order valence-electron chi connectivity index (χ3n) is 9.42. The number of aryl methyl sites for hydroxylation is 1. The number of aliphatic carboxylic acids is 1. The first kappa shape index (κ1) is 34.7. The van der Waals surface area contributed by atoms with Crippen molar-refractivity contribution >= 4 is 33.6 Å². The predicted octanol–water partition coefficient (Wildman–Crippen LogP) is 6.47. The summed E-state index contributed by atoms with van der Waals surface area (Å²) in [5.41, 5.74) is -2.81. The summed E-state index contributed by atoms with van der Waals surface area (Å²) in [7, 11) is 4.71. The molecule has 8 nitrogen and oxygen atoms in total. The molecule has 5 aromatic rings. The molecular weight excluding hydrogens is 661 g/mol. The zero-order valence-electron chi connectivity index (χ0n) is 27.1. The largest absolute Gasteiger partial charge is 0.480 e. The van der Waals surface area contributed by atoms with E-state index in [-0.39, 0.29) is 34.0 Å². The summed E-state index contributed by atoms with van der Waals surface area (Å²) in [6.45, 7) is 0.547. The molecule has 260 valence electrons. The van der Waals surface area contributed by atoms with Gasteiger partial charge in [0.15, 0.2) is 0 Å². The topological polar surface area (TPSA) is 101 Å². The average Bonchev–Trinajstić information content (AvgIpc) is 3.45.